The molecule has 1 amide bonds. The Labute approximate surface area is 216 Å². The Morgan fingerprint density at radius 2 is 1.83 bits per heavy atom. The van der Waals surface area contributed by atoms with E-state index < -0.39 is 23.5 Å². The number of aryl methyl sites for hydroxylation is 3. The molecule has 1 N–H and O–H groups in total. The van der Waals surface area contributed by atoms with Crippen molar-refractivity contribution in [2.45, 2.75) is 40.2 Å². The molecule has 0 spiro atoms. The molecule has 3 heterocycles. The highest BCUT2D eigenvalue weighted by Crippen LogP contribution is 2.45. The maximum Gasteiger partial charge on any atom is 0.296 e. The van der Waals surface area contributed by atoms with Gasteiger partial charge in [0, 0.05) is 0 Å². The summed E-state index contributed by atoms with van der Waals surface area (Å²) in [5, 5.41) is 12.2. The van der Waals surface area contributed by atoms with Gasteiger partial charge in [-0.1, -0.05) is 42.5 Å². The molecule has 36 heavy (non-hydrogen) atoms. The topological polar surface area (TPSA) is 92.6 Å². The van der Waals surface area contributed by atoms with Crippen molar-refractivity contribution in [2.24, 2.45) is 0 Å². The maximum absolute atomic E-state index is 13.7. The van der Waals surface area contributed by atoms with Crippen LogP contribution in [-0.2, 0) is 11.2 Å². The number of aliphatic hydroxyl groups is 1. The highest BCUT2D eigenvalue weighted by Gasteiger charge is 2.46. The molecule has 0 aliphatic carbocycles. The number of aliphatic hydroxyl groups excluding tert-OH is 1. The van der Waals surface area contributed by atoms with Crippen LogP contribution in [0.2, 0.25) is 0 Å². The summed E-state index contributed by atoms with van der Waals surface area (Å²) in [6.45, 7) is 8.11. The molecule has 1 aliphatic rings. The fourth-order valence-electron chi connectivity index (χ4n) is 4.40. The Kier molecular flexibility index (Phi) is 6.36. The second-order valence-electron chi connectivity index (χ2n) is 8.47. The average Bonchev–Trinajstić information content (AvgIpc) is 3.51. The van der Waals surface area contributed by atoms with Gasteiger partial charge >= 0.3 is 0 Å². The zero-order chi connectivity index (χ0) is 25.6. The summed E-state index contributed by atoms with van der Waals surface area (Å²) in [5.74, 6) is -0.876. The summed E-state index contributed by atoms with van der Waals surface area (Å²) in [4.78, 5) is 38.1. The molecule has 1 atom stereocenters. The van der Waals surface area contributed by atoms with Crippen LogP contribution in [-0.4, -0.2) is 33.4 Å². The van der Waals surface area contributed by atoms with E-state index in [0.29, 0.717) is 33.6 Å². The first-order chi connectivity index (χ1) is 17.3. The van der Waals surface area contributed by atoms with Gasteiger partial charge < -0.3 is 9.84 Å². The quantitative estimate of drug-likeness (QED) is 0.296. The molecule has 2 aromatic heterocycles. The standard InChI is InChI=1S/C27H25N3O4S2/c1-5-16-7-9-17(10-8-16)22-21(23(31)25-14(3)28-15(4)35-25)24(32)26(33)30(22)27-29-19-12-11-18(34-6-2)13-20(19)36-27/h7-13,22,32H,5-6H2,1-4H3. The largest absolute Gasteiger partial charge is 0.503 e. The minimum Gasteiger partial charge on any atom is -0.503 e. The van der Waals surface area contributed by atoms with Crippen LogP contribution >= 0.6 is 22.7 Å². The number of anilines is 1. The normalized spacial score (nSPS) is 15.8. The van der Waals surface area contributed by atoms with Crippen molar-refractivity contribution in [2.75, 3.05) is 11.5 Å². The number of benzene rings is 2. The van der Waals surface area contributed by atoms with Crippen molar-refractivity contribution < 1.29 is 19.4 Å². The number of amides is 1. The van der Waals surface area contributed by atoms with Gasteiger partial charge in [0.2, 0.25) is 5.78 Å². The van der Waals surface area contributed by atoms with Crippen LogP contribution in [0.3, 0.4) is 0 Å². The molecule has 5 rings (SSSR count). The lowest BCUT2D eigenvalue weighted by Crippen LogP contribution is -2.31. The van der Waals surface area contributed by atoms with Gasteiger partial charge in [0.25, 0.3) is 5.91 Å². The van der Waals surface area contributed by atoms with E-state index in [2.05, 4.69) is 16.9 Å². The number of nitrogens with zero attached hydrogens (tertiary/aromatic N) is 3. The van der Waals surface area contributed by atoms with Crippen LogP contribution in [0.15, 0.2) is 53.8 Å². The smallest absolute Gasteiger partial charge is 0.296 e. The minimum atomic E-state index is -0.815. The van der Waals surface area contributed by atoms with Gasteiger partial charge in [0.15, 0.2) is 10.9 Å². The van der Waals surface area contributed by atoms with Crippen LogP contribution in [0.4, 0.5) is 5.13 Å². The lowest BCUT2D eigenvalue weighted by Gasteiger charge is -2.24. The fraction of sp³-hybridized carbons (Fsp3) is 0.259. The van der Waals surface area contributed by atoms with Crippen molar-refractivity contribution in [1.29, 1.82) is 0 Å². The third-order valence-electron chi connectivity index (χ3n) is 6.13. The molecule has 0 saturated heterocycles. The first kappa shape index (κ1) is 24.1. The lowest BCUT2D eigenvalue weighted by atomic mass is 9.94. The minimum absolute atomic E-state index is 0.0465. The van der Waals surface area contributed by atoms with Crippen molar-refractivity contribution in [3.05, 3.63) is 80.5 Å². The first-order valence-corrected chi connectivity index (χ1v) is 13.3. The predicted molar refractivity (Wildman–Crippen MR) is 142 cm³/mol. The van der Waals surface area contributed by atoms with E-state index in [4.69, 9.17) is 4.74 Å². The highest BCUT2D eigenvalue weighted by atomic mass is 32.1. The summed E-state index contributed by atoms with van der Waals surface area (Å²) >= 11 is 2.58. The number of Topliss-reactive ketones (excluding diaryl/α,β-unsaturated/α-hetero) is 1. The van der Waals surface area contributed by atoms with Crippen molar-refractivity contribution in [3.8, 4) is 5.75 Å². The van der Waals surface area contributed by atoms with E-state index in [1.807, 2.05) is 56.3 Å². The molecule has 0 fully saturated rings. The van der Waals surface area contributed by atoms with Gasteiger partial charge in [0.1, 0.15) is 5.75 Å². The SMILES string of the molecule is CCOc1ccc2nc(N3C(=O)C(O)=C(C(=O)c4sc(C)nc4C)C3c3ccc(CC)cc3)sc2c1. The summed E-state index contributed by atoms with van der Waals surface area (Å²) in [6, 6.07) is 12.5. The van der Waals surface area contributed by atoms with Crippen molar-refractivity contribution in [3.63, 3.8) is 0 Å². The van der Waals surface area contributed by atoms with E-state index in [1.54, 1.807) is 6.92 Å². The van der Waals surface area contributed by atoms with E-state index >= 15 is 0 Å². The number of ether oxygens (including phenoxy) is 1. The molecule has 0 saturated carbocycles. The van der Waals surface area contributed by atoms with Gasteiger partial charge in [0.05, 0.1) is 44.0 Å². The van der Waals surface area contributed by atoms with Gasteiger partial charge in [-0.2, -0.15) is 0 Å². The summed E-state index contributed by atoms with van der Waals surface area (Å²) < 4.78 is 6.45. The first-order valence-electron chi connectivity index (χ1n) is 11.7. The van der Waals surface area contributed by atoms with Crippen LogP contribution < -0.4 is 9.64 Å². The maximum atomic E-state index is 13.7. The molecular formula is C27H25N3O4S2. The summed E-state index contributed by atoms with van der Waals surface area (Å²) in [7, 11) is 0. The van der Waals surface area contributed by atoms with E-state index in [0.717, 1.165) is 27.3 Å². The summed E-state index contributed by atoms with van der Waals surface area (Å²) in [5.41, 5.74) is 3.19. The predicted octanol–water partition coefficient (Wildman–Crippen LogP) is 6.11. The molecule has 0 bridgehead atoms. The number of aromatic nitrogens is 2. The number of rotatable bonds is 7. The Bertz CT molecular complexity index is 1520. The number of hydrogen-bond acceptors (Lipinski definition) is 8. The zero-order valence-corrected chi connectivity index (χ0v) is 22.0. The highest BCUT2D eigenvalue weighted by molar-refractivity contribution is 7.22. The number of ketones is 1. The third kappa shape index (κ3) is 4.08. The molecule has 1 aliphatic heterocycles. The monoisotopic (exact) mass is 519 g/mol. The van der Waals surface area contributed by atoms with Crippen molar-refractivity contribution in [1.82, 2.24) is 9.97 Å². The van der Waals surface area contributed by atoms with Crippen LogP contribution in [0.1, 0.15) is 51.4 Å². The fourth-order valence-corrected chi connectivity index (χ4v) is 6.30. The Morgan fingerprint density at radius 3 is 2.47 bits per heavy atom. The molecule has 0 radical (unpaired) electrons. The second kappa shape index (κ2) is 9.48. The average molecular weight is 520 g/mol. The molecule has 7 nitrogen and oxygen atoms in total. The number of carbonyl (C=O) groups is 2. The third-order valence-corrected chi connectivity index (χ3v) is 8.22. The van der Waals surface area contributed by atoms with Gasteiger partial charge in [-0.3, -0.25) is 14.5 Å². The van der Waals surface area contributed by atoms with Gasteiger partial charge in [-0.05, 0) is 56.5 Å². The summed E-state index contributed by atoms with van der Waals surface area (Å²) in [6.07, 6.45) is 0.861. The number of carbonyl (C=O) groups excluding carboxylic acids is 2. The molecule has 2 aromatic carbocycles. The lowest BCUT2D eigenvalue weighted by molar-refractivity contribution is -0.117. The van der Waals surface area contributed by atoms with Crippen molar-refractivity contribution >= 4 is 49.7 Å². The Hall–Kier alpha value is -3.56. The molecular weight excluding hydrogens is 494 g/mol. The molecule has 1 unspecified atom stereocenters. The van der Waals surface area contributed by atoms with Crippen LogP contribution in [0.5, 0.6) is 5.75 Å². The van der Waals surface area contributed by atoms with E-state index in [-0.39, 0.29) is 5.57 Å². The van der Waals surface area contributed by atoms with Crippen LogP contribution in [0, 0.1) is 13.8 Å². The van der Waals surface area contributed by atoms with Gasteiger partial charge in [-0.15, -0.1) is 11.3 Å². The van der Waals surface area contributed by atoms with Gasteiger partial charge in [-0.25, -0.2) is 9.97 Å². The zero-order valence-electron chi connectivity index (χ0n) is 20.4. The second-order valence-corrected chi connectivity index (χ2v) is 10.7. The number of fused-ring (bicyclic) bond motifs is 1. The molecule has 184 valence electrons. The molecule has 4 aromatic rings. The van der Waals surface area contributed by atoms with Crippen LogP contribution in [0.25, 0.3) is 10.2 Å². The number of hydrogen-bond donors (Lipinski definition) is 1. The Morgan fingerprint density at radius 1 is 1.08 bits per heavy atom. The number of thiazole rings is 2. The molecule has 9 heteroatoms. The Balaban J connectivity index is 1.65. The van der Waals surface area contributed by atoms with E-state index in [9.17, 15) is 14.7 Å². The van der Waals surface area contributed by atoms with E-state index in [1.165, 1.54) is 27.6 Å².